The van der Waals surface area contributed by atoms with Crippen molar-refractivity contribution in [3.8, 4) is 0 Å². The van der Waals surface area contributed by atoms with Crippen molar-refractivity contribution in [3.05, 3.63) is 59.5 Å². The lowest BCUT2D eigenvalue weighted by molar-refractivity contribution is 0.100. The second-order valence-electron chi connectivity index (χ2n) is 8.51. The molecule has 10 heteroatoms. The molecule has 2 unspecified atom stereocenters. The first-order valence-corrected chi connectivity index (χ1v) is 11.5. The van der Waals surface area contributed by atoms with E-state index < -0.39 is 18.1 Å². The van der Waals surface area contributed by atoms with Crippen molar-refractivity contribution >= 4 is 17.7 Å². The van der Waals surface area contributed by atoms with Crippen LogP contribution in [-0.4, -0.2) is 55.9 Å². The molecule has 1 aromatic heterocycles. The van der Waals surface area contributed by atoms with E-state index in [-0.39, 0.29) is 17.8 Å². The van der Waals surface area contributed by atoms with Gasteiger partial charge < -0.3 is 31.7 Å². The summed E-state index contributed by atoms with van der Waals surface area (Å²) in [5.41, 5.74) is 13.7. The number of hydrogen-bond acceptors (Lipinski definition) is 6. The number of carbonyl (C=O) groups is 1. The first-order chi connectivity index (χ1) is 16.4. The van der Waals surface area contributed by atoms with Gasteiger partial charge in [0.25, 0.3) is 5.91 Å². The van der Waals surface area contributed by atoms with Crippen LogP contribution in [-0.2, 0) is 4.74 Å². The smallest absolute Gasteiger partial charge is 0.280 e. The molecule has 184 valence electrons. The van der Waals surface area contributed by atoms with Crippen LogP contribution in [0.5, 0.6) is 0 Å². The molecule has 2 heterocycles. The van der Waals surface area contributed by atoms with Crippen LogP contribution >= 0.6 is 0 Å². The Labute approximate surface area is 199 Å². The Kier molecular flexibility index (Phi) is 9.32. The Morgan fingerprint density at radius 3 is 2.59 bits per heavy atom. The van der Waals surface area contributed by atoms with E-state index in [1.165, 1.54) is 12.1 Å². The van der Waals surface area contributed by atoms with E-state index in [0.717, 1.165) is 37.3 Å². The van der Waals surface area contributed by atoms with Gasteiger partial charge in [-0.2, -0.15) is 4.99 Å². The summed E-state index contributed by atoms with van der Waals surface area (Å²) in [5.74, 6) is 0.257. The van der Waals surface area contributed by atoms with E-state index in [0.29, 0.717) is 18.6 Å². The third-order valence-electron chi connectivity index (χ3n) is 5.56. The van der Waals surface area contributed by atoms with Gasteiger partial charge in [-0.05, 0) is 56.0 Å². The van der Waals surface area contributed by atoms with E-state index >= 15 is 0 Å². The molecule has 1 aliphatic rings. The topological polar surface area (TPSA) is 131 Å². The van der Waals surface area contributed by atoms with Crippen molar-refractivity contribution in [2.24, 2.45) is 16.5 Å². The van der Waals surface area contributed by atoms with Crippen molar-refractivity contribution in [2.75, 3.05) is 31.7 Å². The quantitative estimate of drug-likeness (QED) is 0.248. The minimum absolute atomic E-state index is 0.125. The highest BCUT2D eigenvalue weighted by Crippen LogP contribution is 2.19. The fourth-order valence-corrected chi connectivity index (χ4v) is 3.82. The summed E-state index contributed by atoms with van der Waals surface area (Å²) in [4.78, 5) is 23.8. The van der Waals surface area contributed by atoms with Gasteiger partial charge in [-0.15, -0.1) is 0 Å². The second-order valence-corrected chi connectivity index (χ2v) is 8.51. The number of nitrogens with one attached hydrogen (secondary N) is 2. The van der Waals surface area contributed by atoms with Crippen molar-refractivity contribution in [1.29, 1.82) is 0 Å². The van der Waals surface area contributed by atoms with Crippen LogP contribution in [0.2, 0.25) is 0 Å². The number of amides is 1. The van der Waals surface area contributed by atoms with Crippen molar-refractivity contribution in [1.82, 2.24) is 15.6 Å². The maximum absolute atomic E-state index is 13.2. The number of halogens is 1. The number of nitrogens with two attached hydrogens (primary N) is 2. The number of ether oxygens (including phenoxy) is 1. The standard InChI is InChI=1S/C24H34FN7O2/c1-16(15-34-2)29-24(30-21(27)14-20(26)17-5-7-19(25)8-6-17)31-23(33)18-9-10-28-22(13-18)32-11-3-4-12-32/h5-10,13,16,20-21H,3-4,11-12,14-15,26-27H2,1-2H3,(H2,29,30,31,33)/t16-,20?,21?/m0/s1. The number of rotatable bonds is 9. The normalized spacial score (nSPS) is 16.7. The fraction of sp³-hybridized carbons (Fsp3) is 0.458. The predicted octanol–water partition coefficient (Wildman–Crippen LogP) is 1.91. The zero-order chi connectivity index (χ0) is 24.5. The van der Waals surface area contributed by atoms with Gasteiger partial charge in [0.15, 0.2) is 0 Å². The molecule has 1 saturated heterocycles. The number of benzene rings is 1. The molecule has 0 radical (unpaired) electrons. The van der Waals surface area contributed by atoms with E-state index in [4.69, 9.17) is 16.2 Å². The number of aromatic nitrogens is 1. The summed E-state index contributed by atoms with van der Waals surface area (Å²) in [6.07, 6.45) is 3.59. The van der Waals surface area contributed by atoms with Gasteiger partial charge in [-0.1, -0.05) is 12.1 Å². The molecule has 0 aliphatic carbocycles. The Morgan fingerprint density at radius 1 is 1.21 bits per heavy atom. The highest BCUT2D eigenvalue weighted by Gasteiger charge is 2.18. The van der Waals surface area contributed by atoms with Crippen LogP contribution in [0.1, 0.15) is 48.1 Å². The van der Waals surface area contributed by atoms with E-state index in [1.807, 2.05) is 6.92 Å². The average molecular weight is 472 g/mol. The summed E-state index contributed by atoms with van der Waals surface area (Å²) in [6, 6.07) is 8.85. The zero-order valence-corrected chi connectivity index (χ0v) is 19.7. The second kappa shape index (κ2) is 12.4. The number of carbonyl (C=O) groups excluding carboxylic acids is 1. The van der Waals surface area contributed by atoms with Crippen LogP contribution in [0, 0.1) is 5.82 Å². The number of methoxy groups -OCH3 is 1. The molecule has 1 aromatic carbocycles. The minimum Gasteiger partial charge on any atom is -0.383 e. The Balaban J connectivity index is 1.71. The number of pyridine rings is 1. The molecular formula is C24H34FN7O2. The van der Waals surface area contributed by atoms with Gasteiger partial charge in [-0.25, -0.2) is 9.37 Å². The molecular weight excluding hydrogens is 437 g/mol. The zero-order valence-electron chi connectivity index (χ0n) is 19.7. The molecule has 9 nitrogen and oxygen atoms in total. The highest BCUT2D eigenvalue weighted by atomic mass is 19.1. The fourth-order valence-electron chi connectivity index (χ4n) is 3.82. The van der Waals surface area contributed by atoms with Gasteiger partial charge in [0, 0.05) is 44.0 Å². The van der Waals surface area contributed by atoms with Crippen molar-refractivity contribution in [2.45, 2.75) is 44.4 Å². The minimum atomic E-state index is -0.605. The molecule has 1 aliphatic heterocycles. The number of nitrogens with zero attached hydrogens (tertiary/aromatic N) is 3. The van der Waals surface area contributed by atoms with Gasteiger partial charge in [0.05, 0.1) is 12.8 Å². The lowest BCUT2D eigenvalue weighted by Crippen LogP contribution is -2.52. The van der Waals surface area contributed by atoms with Crippen molar-refractivity contribution < 1.29 is 13.9 Å². The van der Waals surface area contributed by atoms with Gasteiger partial charge in [0.2, 0.25) is 5.96 Å². The van der Waals surface area contributed by atoms with Gasteiger partial charge in [0.1, 0.15) is 11.6 Å². The number of guanidine groups is 1. The maximum atomic E-state index is 13.2. The third kappa shape index (κ3) is 7.47. The molecule has 0 saturated carbocycles. The largest absolute Gasteiger partial charge is 0.383 e. The lowest BCUT2D eigenvalue weighted by atomic mass is 10.0. The molecule has 2 aromatic rings. The molecule has 3 rings (SSSR count). The first-order valence-electron chi connectivity index (χ1n) is 11.5. The number of anilines is 1. The van der Waals surface area contributed by atoms with Crippen molar-refractivity contribution in [3.63, 3.8) is 0 Å². The van der Waals surface area contributed by atoms with Crippen LogP contribution < -0.4 is 27.0 Å². The summed E-state index contributed by atoms with van der Waals surface area (Å²) in [5, 5.41) is 6.19. The molecule has 1 fully saturated rings. The lowest BCUT2D eigenvalue weighted by Gasteiger charge is -2.23. The maximum Gasteiger partial charge on any atom is 0.280 e. The molecule has 34 heavy (non-hydrogen) atoms. The van der Waals surface area contributed by atoms with E-state index in [9.17, 15) is 9.18 Å². The van der Waals surface area contributed by atoms with Crippen LogP contribution in [0.3, 0.4) is 0 Å². The Hall–Kier alpha value is -3.08. The SMILES string of the molecule is COC[C@H](C)N/C(=N/C(=O)c1ccnc(N2CCCC2)c1)NC(N)CC(N)c1ccc(F)cc1. The highest BCUT2D eigenvalue weighted by molar-refractivity contribution is 6.03. The van der Waals surface area contributed by atoms with Gasteiger partial charge in [-0.3, -0.25) is 4.79 Å². The molecule has 6 N–H and O–H groups in total. The Bertz CT molecular complexity index is 964. The number of hydrogen-bond donors (Lipinski definition) is 4. The summed E-state index contributed by atoms with van der Waals surface area (Å²) < 4.78 is 18.4. The molecule has 0 bridgehead atoms. The van der Waals surface area contributed by atoms with E-state index in [2.05, 4.69) is 25.5 Å². The monoisotopic (exact) mass is 471 g/mol. The molecule has 1 amide bonds. The summed E-state index contributed by atoms with van der Waals surface area (Å²) in [6.45, 7) is 4.17. The van der Waals surface area contributed by atoms with Gasteiger partial charge >= 0.3 is 0 Å². The summed E-state index contributed by atoms with van der Waals surface area (Å²) >= 11 is 0. The molecule has 3 atom stereocenters. The average Bonchev–Trinajstić information content (AvgIpc) is 3.34. The number of aliphatic imine (C=N–C) groups is 1. The summed E-state index contributed by atoms with van der Waals surface area (Å²) in [7, 11) is 1.60. The molecule has 0 spiro atoms. The van der Waals surface area contributed by atoms with E-state index in [1.54, 1.807) is 37.6 Å². The first kappa shape index (κ1) is 25.5. The third-order valence-corrected chi connectivity index (χ3v) is 5.56. The van der Waals surface area contributed by atoms with Crippen LogP contribution in [0.4, 0.5) is 10.2 Å². The van der Waals surface area contributed by atoms with Crippen LogP contribution in [0.15, 0.2) is 47.6 Å². The van der Waals surface area contributed by atoms with Crippen LogP contribution in [0.25, 0.3) is 0 Å². The predicted molar refractivity (Wildman–Crippen MR) is 131 cm³/mol. The Morgan fingerprint density at radius 2 is 1.91 bits per heavy atom.